The Kier molecular flexibility index (Phi) is 3.97. The van der Waals surface area contributed by atoms with Crippen LogP contribution in [0.1, 0.15) is 31.4 Å². The number of benzene rings is 1. The largest absolute Gasteiger partial charge is 0.316 e. The number of nitrogens with one attached hydrogen (secondary N) is 1. The highest BCUT2D eigenvalue weighted by molar-refractivity contribution is 5.19. The third-order valence-electron chi connectivity index (χ3n) is 3.64. The molecule has 0 spiro atoms. The van der Waals surface area contributed by atoms with Crippen LogP contribution in [0.5, 0.6) is 0 Å². The van der Waals surface area contributed by atoms with Crippen LogP contribution in [-0.2, 0) is 0 Å². The molecule has 0 bridgehead atoms. The Morgan fingerprint density at radius 1 is 1.38 bits per heavy atom. The minimum atomic E-state index is 0.597. The molecule has 0 radical (unpaired) electrons. The quantitative estimate of drug-likeness (QED) is 0.835. The van der Waals surface area contributed by atoms with Crippen molar-refractivity contribution in [3.63, 3.8) is 0 Å². The van der Waals surface area contributed by atoms with Crippen LogP contribution in [0.25, 0.3) is 0 Å². The zero-order chi connectivity index (χ0) is 11.4. The number of hydrogen-bond donors (Lipinski definition) is 1. The zero-order valence-corrected chi connectivity index (χ0v) is 10.3. The molecule has 1 aromatic carbocycles. The molecule has 1 fully saturated rings. The molecule has 88 valence electrons. The van der Waals surface area contributed by atoms with Crippen LogP contribution in [0, 0.1) is 0 Å². The van der Waals surface area contributed by atoms with Gasteiger partial charge in [-0.3, -0.25) is 4.90 Å². The van der Waals surface area contributed by atoms with Gasteiger partial charge in [-0.2, -0.15) is 0 Å². The van der Waals surface area contributed by atoms with Gasteiger partial charge in [-0.15, -0.1) is 0 Å². The molecule has 1 N–H and O–H groups in total. The molecular formula is C14H22N2. The molecule has 16 heavy (non-hydrogen) atoms. The van der Waals surface area contributed by atoms with E-state index in [1.165, 1.54) is 31.5 Å². The smallest absolute Gasteiger partial charge is 0.0346 e. The molecular weight excluding hydrogens is 196 g/mol. The highest BCUT2D eigenvalue weighted by Crippen LogP contribution is 2.27. The summed E-state index contributed by atoms with van der Waals surface area (Å²) in [6.45, 7) is 4.69. The fourth-order valence-corrected chi connectivity index (χ4v) is 2.69. The molecule has 0 unspecified atom stereocenters. The van der Waals surface area contributed by atoms with Crippen LogP contribution < -0.4 is 5.32 Å². The van der Waals surface area contributed by atoms with E-state index in [1.54, 1.807) is 0 Å². The van der Waals surface area contributed by atoms with E-state index in [0.717, 1.165) is 0 Å². The topological polar surface area (TPSA) is 15.3 Å². The summed E-state index contributed by atoms with van der Waals surface area (Å²) in [6, 6.07) is 12.2. The first-order valence-electron chi connectivity index (χ1n) is 6.31. The predicted octanol–water partition coefficient (Wildman–Crippen LogP) is 2.43. The molecule has 2 atom stereocenters. The van der Waals surface area contributed by atoms with E-state index in [4.69, 9.17) is 0 Å². The van der Waals surface area contributed by atoms with Gasteiger partial charge in [0, 0.05) is 25.2 Å². The van der Waals surface area contributed by atoms with Crippen molar-refractivity contribution in [1.29, 1.82) is 0 Å². The Hall–Kier alpha value is -0.860. The van der Waals surface area contributed by atoms with Gasteiger partial charge in [0.25, 0.3) is 0 Å². The van der Waals surface area contributed by atoms with Crippen molar-refractivity contribution in [2.75, 3.05) is 20.1 Å². The summed E-state index contributed by atoms with van der Waals surface area (Å²) in [5.41, 5.74) is 1.46. The first-order valence-corrected chi connectivity index (χ1v) is 6.31. The fraction of sp³-hybridized carbons (Fsp3) is 0.571. The average molecular weight is 218 g/mol. The van der Waals surface area contributed by atoms with Gasteiger partial charge in [0.2, 0.25) is 0 Å². The van der Waals surface area contributed by atoms with Gasteiger partial charge in [-0.05, 0) is 25.5 Å². The highest BCUT2D eigenvalue weighted by atomic mass is 15.2. The van der Waals surface area contributed by atoms with E-state index in [0.29, 0.717) is 12.1 Å². The minimum absolute atomic E-state index is 0.597. The molecule has 0 aromatic heterocycles. The molecule has 1 heterocycles. The van der Waals surface area contributed by atoms with Gasteiger partial charge in [0.1, 0.15) is 0 Å². The predicted molar refractivity (Wildman–Crippen MR) is 68.5 cm³/mol. The number of nitrogens with zero attached hydrogens (tertiary/aromatic N) is 1. The summed E-state index contributed by atoms with van der Waals surface area (Å²) in [4.78, 5) is 2.61. The fourth-order valence-electron chi connectivity index (χ4n) is 2.69. The SMILES string of the molecule is CC[C@H](c1ccccc1)N1CC[C@H](NC)C1. The standard InChI is InChI=1S/C14H22N2/c1-3-14(12-7-5-4-6-8-12)16-10-9-13(11-16)15-2/h4-8,13-15H,3,9-11H2,1-2H3/t13-,14+/m0/s1. The molecule has 2 nitrogen and oxygen atoms in total. The van der Waals surface area contributed by atoms with Gasteiger partial charge in [0.05, 0.1) is 0 Å². The van der Waals surface area contributed by atoms with E-state index in [1.807, 2.05) is 0 Å². The summed E-state index contributed by atoms with van der Waals surface area (Å²) in [5, 5.41) is 3.38. The molecule has 2 heteroatoms. The molecule has 1 aromatic rings. The molecule has 0 saturated carbocycles. The zero-order valence-electron chi connectivity index (χ0n) is 10.3. The van der Waals surface area contributed by atoms with E-state index < -0.39 is 0 Å². The van der Waals surface area contributed by atoms with Crippen LogP contribution in [0.2, 0.25) is 0 Å². The highest BCUT2D eigenvalue weighted by Gasteiger charge is 2.26. The van der Waals surface area contributed by atoms with Crippen molar-refractivity contribution < 1.29 is 0 Å². The maximum absolute atomic E-state index is 3.38. The Morgan fingerprint density at radius 2 is 2.12 bits per heavy atom. The Morgan fingerprint density at radius 3 is 2.69 bits per heavy atom. The van der Waals surface area contributed by atoms with Crippen molar-refractivity contribution in [3.05, 3.63) is 35.9 Å². The third-order valence-corrected chi connectivity index (χ3v) is 3.64. The molecule has 0 aliphatic carbocycles. The van der Waals surface area contributed by atoms with Gasteiger partial charge >= 0.3 is 0 Å². The van der Waals surface area contributed by atoms with Crippen LogP contribution in [0.3, 0.4) is 0 Å². The summed E-state index contributed by atoms with van der Waals surface area (Å²) < 4.78 is 0. The number of likely N-dealkylation sites (N-methyl/N-ethyl adjacent to an activating group) is 1. The lowest BCUT2D eigenvalue weighted by molar-refractivity contribution is 0.234. The second-order valence-corrected chi connectivity index (χ2v) is 4.60. The second-order valence-electron chi connectivity index (χ2n) is 4.60. The molecule has 2 rings (SSSR count). The number of likely N-dealkylation sites (tertiary alicyclic amines) is 1. The molecule has 1 aliphatic heterocycles. The summed E-state index contributed by atoms with van der Waals surface area (Å²) in [7, 11) is 2.07. The lowest BCUT2D eigenvalue weighted by Gasteiger charge is -2.27. The van der Waals surface area contributed by atoms with Crippen molar-refractivity contribution >= 4 is 0 Å². The van der Waals surface area contributed by atoms with E-state index >= 15 is 0 Å². The van der Waals surface area contributed by atoms with Crippen molar-refractivity contribution in [1.82, 2.24) is 10.2 Å². The molecule has 1 saturated heterocycles. The number of rotatable bonds is 4. The van der Waals surface area contributed by atoms with Gasteiger partial charge in [-0.1, -0.05) is 37.3 Å². The third kappa shape index (κ3) is 2.45. The van der Waals surface area contributed by atoms with Crippen molar-refractivity contribution in [2.24, 2.45) is 0 Å². The Bertz CT molecular complexity index is 310. The number of hydrogen-bond acceptors (Lipinski definition) is 2. The van der Waals surface area contributed by atoms with Crippen LogP contribution in [0.15, 0.2) is 30.3 Å². The van der Waals surface area contributed by atoms with E-state index in [9.17, 15) is 0 Å². The monoisotopic (exact) mass is 218 g/mol. The van der Waals surface area contributed by atoms with Crippen molar-refractivity contribution in [3.8, 4) is 0 Å². The molecule has 1 aliphatic rings. The minimum Gasteiger partial charge on any atom is -0.316 e. The second kappa shape index (κ2) is 5.46. The lowest BCUT2D eigenvalue weighted by atomic mass is 10.0. The van der Waals surface area contributed by atoms with Gasteiger partial charge < -0.3 is 5.32 Å². The van der Waals surface area contributed by atoms with Crippen LogP contribution in [-0.4, -0.2) is 31.1 Å². The average Bonchev–Trinajstić information content (AvgIpc) is 2.80. The summed E-state index contributed by atoms with van der Waals surface area (Å²) >= 11 is 0. The van der Waals surface area contributed by atoms with Gasteiger partial charge in [0.15, 0.2) is 0 Å². The Labute approximate surface area is 98.7 Å². The molecule has 0 amide bonds. The first-order chi connectivity index (χ1) is 7.85. The lowest BCUT2D eigenvalue weighted by Crippen LogP contribution is -2.31. The van der Waals surface area contributed by atoms with E-state index in [-0.39, 0.29) is 0 Å². The van der Waals surface area contributed by atoms with Crippen LogP contribution in [0.4, 0.5) is 0 Å². The summed E-state index contributed by atoms with van der Waals surface area (Å²) in [5.74, 6) is 0. The first kappa shape index (κ1) is 11.6. The maximum atomic E-state index is 3.38. The maximum Gasteiger partial charge on any atom is 0.0346 e. The normalized spacial score (nSPS) is 23.5. The van der Waals surface area contributed by atoms with Gasteiger partial charge in [-0.25, -0.2) is 0 Å². The summed E-state index contributed by atoms with van der Waals surface area (Å²) in [6.07, 6.45) is 2.47. The van der Waals surface area contributed by atoms with Crippen LogP contribution >= 0.6 is 0 Å². The van der Waals surface area contributed by atoms with E-state index in [2.05, 4.69) is 54.5 Å². The van der Waals surface area contributed by atoms with Crippen molar-refractivity contribution in [2.45, 2.75) is 31.8 Å². The Balaban J connectivity index is 2.06.